The molecule has 0 amide bonds. The second-order valence-corrected chi connectivity index (χ2v) is 7.56. The molecule has 1 aliphatic carbocycles. The maximum Gasteiger partial charge on any atom is 0.333 e. The third-order valence-electron chi connectivity index (χ3n) is 5.34. The highest BCUT2D eigenvalue weighted by Crippen LogP contribution is 2.33. The maximum atomic E-state index is 10.7. The molecule has 0 spiro atoms. The van der Waals surface area contributed by atoms with Gasteiger partial charge in [0.1, 0.15) is 0 Å². The molecule has 0 aromatic heterocycles. The van der Waals surface area contributed by atoms with E-state index in [4.69, 9.17) is 4.74 Å². The van der Waals surface area contributed by atoms with Crippen molar-refractivity contribution in [2.75, 3.05) is 6.61 Å². The molecule has 0 aliphatic heterocycles. The molecule has 3 aromatic rings. The van der Waals surface area contributed by atoms with Crippen LogP contribution in [-0.4, -0.2) is 12.6 Å². The molecule has 2 heteroatoms. The normalized spacial score (nSPS) is 12.8. The number of unbranched alkanes of at least 4 members (excludes halogenated alkanes) is 1. The first-order valence-corrected chi connectivity index (χ1v) is 10.4. The molecular weight excluding hydrogens is 344 g/mol. The van der Waals surface area contributed by atoms with Crippen molar-refractivity contribution in [3.05, 3.63) is 71.8 Å². The van der Waals surface area contributed by atoms with Gasteiger partial charge in [0.05, 0.1) is 6.61 Å². The summed E-state index contributed by atoms with van der Waals surface area (Å²) in [5.41, 5.74) is 3.64. The smallest absolute Gasteiger partial charge is 0.333 e. The molecule has 0 N–H and O–H groups in total. The van der Waals surface area contributed by atoms with Gasteiger partial charge in [-0.1, -0.05) is 68.5 Å². The predicted molar refractivity (Wildman–Crippen MR) is 119 cm³/mol. The topological polar surface area (TPSA) is 26.3 Å². The van der Waals surface area contributed by atoms with Crippen molar-refractivity contribution in [2.45, 2.75) is 52.4 Å². The van der Waals surface area contributed by atoms with Crippen molar-refractivity contribution >= 4 is 27.5 Å². The van der Waals surface area contributed by atoms with E-state index in [9.17, 15) is 4.79 Å². The van der Waals surface area contributed by atoms with Crippen LogP contribution in [0.15, 0.2) is 60.7 Å². The van der Waals surface area contributed by atoms with Crippen molar-refractivity contribution in [3.63, 3.8) is 0 Å². The van der Waals surface area contributed by atoms with Crippen LogP contribution in [0.25, 0.3) is 21.5 Å². The summed E-state index contributed by atoms with van der Waals surface area (Å²) in [7, 11) is 0. The quantitative estimate of drug-likeness (QED) is 0.218. The Bertz CT molecular complexity index is 984. The van der Waals surface area contributed by atoms with Crippen LogP contribution in [0, 0.1) is 0 Å². The molecule has 28 heavy (non-hydrogen) atoms. The fourth-order valence-corrected chi connectivity index (χ4v) is 3.77. The third-order valence-corrected chi connectivity index (χ3v) is 5.34. The van der Waals surface area contributed by atoms with Gasteiger partial charge in [-0.2, -0.15) is 0 Å². The third kappa shape index (κ3) is 4.62. The van der Waals surface area contributed by atoms with Gasteiger partial charge in [-0.25, -0.2) is 4.79 Å². The number of hydrogen-bond donors (Lipinski definition) is 0. The molecule has 1 aliphatic rings. The van der Waals surface area contributed by atoms with Crippen LogP contribution in [0.3, 0.4) is 0 Å². The standard InChI is InChI=1S/C18H16.C8H14O2/c1-3-7-15-13(5-1)9-11-18-16-8-4-2-6-14(16)10-12-17(15)18;1-4-5-6-10-8(9)7(2)3/h1,3,5,7,9-12H,2,4,6,8H2;2,4-6H2,1,3H3. The summed E-state index contributed by atoms with van der Waals surface area (Å²) in [5.74, 6) is -0.284. The Kier molecular flexibility index (Phi) is 6.86. The number of esters is 1. The van der Waals surface area contributed by atoms with Crippen LogP contribution in [-0.2, 0) is 22.4 Å². The van der Waals surface area contributed by atoms with Gasteiger partial charge in [0.2, 0.25) is 0 Å². The highest BCUT2D eigenvalue weighted by atomic mass is 16.5. The lowest BCUT2D eigenvalue weighted by molar-refractivity contribution is -0.139. The van der Waals surface area contributed by atoms with E-state index < -0.39 is 0 Å². The van der Waals surface area contributed by atoms with Gasteiger partial charge < -0.3 is 4.74 Å². The fraction of sp³-hybridized carbons (Fsp3) is 0.346. The summed E-state index contributed by atoms with van der Waals surface area (Å²) in [4.78, 5) is 10.7. The van der Waals surface area contributed by atoms with Crippen molar-refractivity contribution < 1.29 is 9.53 Å². The average Bonchev–Trinajstić information content (AvgIpc) is 2.73. The minimum atomic E-state index is -0.284. The molecule has 3 aromatic carbocycles. The lowest BCUT2D eigenvalue weighted by Crippen LogP contribution is -2.05. The molecule has 4 rings (SSSR count). The Morgan fingerprint density at radius 3 is 2.50 bits per heavy atom. The Labute approximate surface area is 168 Å². The molecule has 0 heterocycles. The Balaban J connectivity index is 0.000000195. The van der Waals surface area contributed by atoms with E-state index in [0.717, 1.165) is 12.8 Å². The molecule has 0 radical (unpaired) electrons. The van der Waals surface area contributed by atoms with E-state index in [0.29, 0.717) is 12.2 Å². The molecule has 146 valence electrons. The van der Waals surface area contributed by atoms with Crippen molar-refractivity contribution in [3.8, 4) is 0 Å². The van der Waals surface area contributed by atoms with Gasteiger partial charge >= 0.3 is 5.97 Å². The van der Waals surface area contributed by atoms with E-state index in [1.807, 2.05) is 0 Å². The van der Waals surface area contributed by atoms with Crippen molar-refractivity contribution in [2.24, 2.45) is 0 Å². The first kappa shape index (κ1) is 20.1. The van der Waals surface area contributed by atoms with Crippen LogP contribution in [0.1, 0.15) is 50.7 Å². The summed E-state index contributed by atoms with van der Waals surface area (Å²) in [5, 5.41) is 5.64. The number of aryl methyl sites for hydroxylation is 2. The van der Waals surface area contributed by atoms with Gasteiger partial charge in [0.15, 0.2) is 0 Å². The van der Waals surface area contributed by atoms with Gasteiger partial charge in [-0.05, 0) is 71.7 Å². The SMILES string of the molecule is C=C(C)C(=O)OCCCC.c1ccc2c(c1)ccc1c3c(ccc12)CCCC3. The Morgan fingerprint density at radius 1 is 0.964 bits per heavy atom. The highest BCUT2D eigenvalue weighted by Gasteiger charge is 2.13. The maximum absolute atomic E-state index is 10.7. The number of carbonyl (C=O) groups is 1. The summed E-state index contributed by atoms with van der Waals surface area (Å²) in [6.45, 7) is 7.67. The summed E-state index contributed by atoms with van der Waals surface area (Å²) in [6.07, 6.45) is 7.19. The van der Waals surface area contributed by atoms with Gasteiger partial charge in [-0.3, -0.25) is 0 Å². The van der Waals surface area contributed by atoms with E-state index in [2.05, 4.69) is 62.0 Å². The van der Waals surface area contributed by atoms with Gasteiger partial charge in [0.25, 0.3) is 0 Å². The Hall–Kier alpha value is -2.61. The monoisotopic (exact) mass is 374 g/mol. The number of carbonyl (C=O) groups excluding carboxylic acids is 1. The number of fused-ring (bicyclic) bond motifs is 5. The van der Waals surface area contributed by atoms with Crippen molar-refractivity contribution in [1.82, 2.24) is 0 Å². The van der Waals surface area contributed by atoms with Crippen LogP contribution in [0.2, 0.25) is 0 Å². The molecule has 2 nitrogen and oxygen atoms in total. The minimum absolute atomic E-state index is 0.284. The average molecular weight is 375 g/mol. The lowest BCUT2D eigenvalue weighted by Gasteiger charge is -2.18. The first-order valence-electron chi connectivity index (χ1n) is 10.4. The zero-order chi connectivity index (χ0) is 19.9. The molecular formula is C26H30O2. The summed E-state index contributed by atoms with van der Waals surface area (Å²) in [6, 6.07) is 18.0. The van der Waals surface area contributed by atoms with E-state index >= 15 is 0 Å². The number of ether oxygens (including phenoxy) is 1. The number of rotatable bonds is 4. The number of hydrogen-bond acceptors (Lipinski definition) is 2. The van der Waals surface area contributed by atoms with Gasteiger partial charge in [-0.15, -0.1) is 0 Å². The van der Waals surface area contributed by atoms with Crippen LogP contribution in [0.4, 0.5) is 0 Å². The largest absolute Gasteiger partial charge is 0.462 e. The summed E-state index contributed by atoms with van der Waals surface area (Å²) < 4.78 is 4.81. The van der Waals surface area contributed by atoms with Crippen LogP contribution >= 0.6 is 0 Å². The molecule has 0 fully saturated rings. The molecule has 0 atom stereocenters. The molecule has 0 saturated carbocycles. The van der Waals surface area contributed by atoms with Crippen LogP contribution in [0.5, 0.6) is 0 Å². The lowest BCUT2D eigenvalue weighted by atomic mass is 9.86. The molecule has 0 saturated heterocycles. The zero-order valence-electron chi connectivity index (χ0n) is 17.1. The fourth-order valence-electron chi connectivity index (χ4n) is 3.77. The highest BCUT2D eigenvalue weighted by molar-refractivity contribution is 6.08. The molecule has 0 unspecified atom stereocenters. The van der Waals surface area contributed by atoms with Crippen LogP contribution < -0.4 is 0 Å². The van der Waals surface area contributed by atoms with Crippen molar-refractivity contribution in [1.29, 1.82) is 0 Å². The number of benzene rings is 3. The Morgan fingerprint density at radius 2 is 1.71 bits per heavy atom. The second-order valence-electron chi connectivity index (χ2n) is 7.56. The predicted octanol–water partition coefficient (Wildman–Crippen LogP) is 6.78. The van der Waals surface area contributed by atoms with E-state index in [1.165, 1.54) is 47.2 Å². The summed E-state index contributed by atoms with van der Waals surface area (Å²) >= 11 is 0. The minimum Gasteiger partial charge on any atom is -0.462 e. The second kappa shape index (κ2) is 9.54. The molecule has 0 bridgehead atoms. The van der Waals surface area contributed by atoms with E-state index in [1.54, 1.807) is 18.1 Å². The van der Waals surface area contributed by atoms with E-state index in [-0.39, 0.29) is 5.97 Å². The zero-order valence-corrected chi connectivity index (χ0v) is 17.1. The van der Waals surface area contributed by atoms with Gasteiger partial charge in [0, 0.05) is 5.57 Å². The first-order chi connectivity index (χ1) is 13.6.